The smallest absolute Gasteiger partial charge is 0.273 e. The first kappa shape index (κ1) is 8.90. The number of carbonyl (C=O) groups excluding carboxylic acids is 2. The Hall–Kier alpha value is -1.68. The summed E-state index contributed by atoms with van der Waals surface area (Å²) in [6, 6.07) is 7.27. The molecule has 1 aromatic carbocycles. The molecule has 4 heteroatoms. The molecular formula is C10H10N2O2. The number of imide groups is 1. The van der Waals surface area contributed by atoms with Gasteiger partial charge in [-0.2, -0.15) is 0 Å². The molecule has 0 fully saturated rings. The van der Waals surface area contributed by atoms with Crippen LogP contribution in [0, 0.1) is 0 Å². The molecule has 1 N–H and O–H groups in total. The second-order valence-electron chi connectivity index (χ2n) is 3.15. The van der Waals surface area contributed by atoms with Crippen molar-refractivity contribution in [3.8, 4) is 0 Å². The minimum absolute atomic E-state index is 0.278. The fraction of sp³-hybridized carbons (Fsp3) is 0.200. The average molecular weight is 190 g/mol. The molecule has 1 aliphatic rings. The maximum Gasteiger partial charge on any atom is 0.275 e. The van der Waals surface area contributed by atoms with Crippen LogP contribution < -0.4 is 5.43 Å². The standard InChI is InChI=1S/C10H10N2O2/c1-7(13)12-10(14)9-5-3-2-4-8(9)6-11-12/h2-5,11H,6H2,1H3. The third-order valence-electron chi connectivity index (χ3n) is 2.19. The van der Waals surface area contributed by atoms with Crippen LogP contribution in [-0.2, 0) is 11.3 Å². The molecule has 72 valence electrons. The lowest BCUT2D eigenvalue weighted by Gasteiger charge is -2.26. The zero-order valence-electron chi connectivity index (χ0n) is 7.78. The largest absolute Gasteiger partial charge is 0.275 e. The molecule has 1 heterocycles. The lowest BCUT2D eigenvalue weighted by atomic mass is 10.1. The van der Waals surface area contributed by atoms with Gasteiger partial charge in [-0.25, -0.2) is 10.4 Å². The number of hydrogen-bond acceptors (Lipinski definition) is 3. The van der Waals surface area contributed by atoms with Crippen molar-refractivity contribution in [2.24, 2.45) is 0 Å². The highest BCUT2D eigenvalue weighted by Crippen LogP contribution is 2.15. The summed E-state index contributed by atoms with van der Waals surface area (Å²) in [5.41, 5.74) is 4.28. The van der Waals surface area contributed by atoms with Crippen molar-refractivity contribution in [2.45, 2.75) is 13.5 Å². The van der Waals surface area contributed by atoms with Crippen molar-refractivity contribution < 1.29 is 9.59 Å². The molecule has 0 atom stereocenters. The fourth-order valence-electron chi connectivity index (χ4n) is 1.49. The average Bonchev–Trinajstić information content (AvgIpc) is 2.18. The topological polar surface area (TPSA) is 49.4 Å². The molecule has 4 nitrogen and oxygen atoms in total. The predicted octanol–water partition coefficient (Wildman–Crippen LogP) is 0.693. The Morgan fingerprint density at radius 1 is 1.43 bits per heavy atom. The monoisotopic (exact) mass is 190 g/mol. The highest BCUT2D eigenvalue weighted by molar-refractivity contribution is 6.05. The van der Waals surface area contributed by atoms with E-state index in [1.54, 1.807) is 12.1 Å². The maximum atomic E-state index is 11.7. The van der Waals surface area contributed by atoms with Crippen LogP contribution in [0.4, 0.5) is 0 Å². The number of fused-ring (bicyclic) bond motifs is 1. The van der Waals surface area contributed by atoms with Crippen LogP contribution in [0.15, 0.2) is 24.3 Å². The Morgan fingerprint density at radius 3 is 2.86 bits per heavy atom. The molecule has 1 aromatic rings. The first-order chi connectivity index (χ1) is 6.70. The molecule has 0 bridgehead atoms. The van der Waals surface area contributed by atoms with Gasteiger partial charge in [-0.05, 0) is 11.6 Å². The second kappa shape index (κ2) is 3.23. The first-order valence-corrected chi connectivity index (χ1v) is 4.36. The molecule has 0 unspecified atom stereocenters. The van der Waals surface area contributed by atoms with Crippen LogP contribution in [0.25, 0.3) is 0 Å². The number of hydrogen-bond donors (Lipinski definition) is 1. The molecular weight excluding hydrogens is 180 g/mol. The lowest BCUT2D eigenvalue weighted by Crippen LogP contribution is -2.49. The van der Waals surface area contributed by atoms with E-state index < -0.39 is 0 Å². The third kappa shape index (κ3) is 1.29. The zero-order valence-corrected chi connectivity index (χ0v) is 7.78. The first-order valence-electron chi connectivity index (χ1n) is 4.36. The lowest BCUT2D eigenvalue weighted by molar-refractivity contribution is -0.129. The number of nitrogens with zero attached hydrogens (tertiary/aromatic N) is 1. The maximum absolute atomic E-state index is 11.7. The van der Waals surface area contributed by atoms with Crippen molar-refractivity contribution >= 4 is 11.8 Å². The van der Waals surface area contributed by atoms with E-state index in [0.29, 0.717) is 12.1 Å². The van der Waals surface area contributed by atoms with Gasteiger partial charge in [0.2, 0.25) is 5.91 Å². The van der Waals surface area contributed by atoms with Gasteiger partial charge in [0.25, 0.3) is 5.91 Å². The molecule has 2 rings (SSSR count). The number of amides is 2. The normalized spacial score (nSPS) is 15.2. The van der Waals surface area contributed by atoms with Gasteiger partial charge in [-0.3, -0.25) is 9.59 Å². The summed E-state index contributed by atoms with van der Waals surface area (Å²) in [7, 11) is 0. The van der Waals surface area contributed by atoms with E-state index in [4.69, 9.17) is 0 Å². The molecule has 2 amide bonds. The Bertz CT molecular complexity index is 401. The Balaban J connectivity index is 2.41. The van der Waals surface area contributed by atoms with Gasteiger partial charge < -0.3 is 0 Å². The summed E-state index contributed by atoms with van der Waals surface area (Å²) in [6.45, 7) is 1.88. The summed E-state index contributed by atoms with van der Waals surface area (Å²) in [4.78, 5) is 22.8. The van der Waals surface area contributed by atoms with Crippen LogP contribution >= 0.6 is 0 Å². The van der Waals surface area contributed by atoms with Gasteiger partial charge in [0.1, 0.15) is 0 Å². The van der Waals surface area contributed by atoms with E-state index in [2.05, 4.69) is 5.43 Å². The van der Waals surface area contributed by atoms with Crippen molar-refractivity contribution in [2.75, 3.05) is 0 Å². The number of hydrazine groups is 1. The minimum atomic E-state index is -0.287. The second-order valence-corrected chi connectivity index (χ2v) is 3.15. The van der Waals surface area contributed by atoms with E-state index in [1.807, 2.05) is 12.1 Å². The van der Waals surface area contributed by atoms with Crippen molar-refractivity contribution in [3.63, 3.8) is 0 Å². The molecule has 0 radical (unpaired) electrons. The van der Waals surface area contributed by atoms with Gasteiger partial charge in [-0.1, -0.05) is 18.2 Å². The quantitative estimate of drug-likeness (QED) is 0.655. The fourth-order valence-corrected chi connectivity index (χ4v) is 1.49. The van der Waals surface area contributed by atoms with E-state index >= 15 is 0 Å². The molecule has 0 spiro atoms. The summed E-state index contributed by atoms with van der Waals surface area (Å²) < 4.78 is 0. The number of rotatable bonds is 0. The summed E-state index contributed by atoms with van der Waals surface area (Å²) in [5, 5.41) is 1.04. The van der Waals surface area contributed by atoms with Gasteiger partial charge in [-0.15, -0.1) is 0 Å². The van der Waals surface area contributed by atoms with Gasteiger partial charge in [0.15, 0.2) is 0 Å². The summed E-state index contributed by atoms with van der Waals surface area (Å²) >= 11 is 0. The highest BCUT2D eigenvalue weighted by atomic mass is 16.2. The summed E-state index contributed by atoms with van der Waals surface area (Å²) in [6.07, 6.45) is 0. The Kier molecular flexibility index (Phi) is 2.05. The van der Waals surface area contributed by atoms with Gasteiger partial charge in [0, 0.05) is 19.0 Å². The zero-order chi connectivity index (χ0) is 10.1. The Labute approximate surface area is 81.5 Å². The predicted molar refractivity (Wildman–Crippen MR) is 50.1 cm³/mol. The van der Waals surface area contributed by atoms with Crippen LogP contribution in [0.1, 0.15) is 22.8 Å². The molecule has 0 saturated heterocycles. The molecule has 0 saturated carbocycles. The van der Waals surface area contributed by atoms with Crippen LogP contribution in [0.2, 0.25) is 0 Å². The van der Waals surface area contributed by atoms with E-state index in [-0.39, 0.29) is 11.8 Å². The van der Waals surface area contributed by atoms with Crippen molar-refractivity contribution in [1.29, 1.82) is 0 Å². The van der Waals surface area contributed by atoms with Crippen molar-refractivity contribution in [3.05, 3.63) is 35.4 Å². The summed E-state index contributed by atoms with van der Waals surface area (Å²) in [5.74, 6) is -0.566. The molecule has 0 aromatic heterocycles. The molecule has 0 aliphatic carbocycles. The van der Waals surface area contributed by atoms with E-state index in [9.17, 15) is 9.59 Å². The van der Waals surface area contributed by atoms with Crippen LogP contribution in [0.5, 0.6) is 0 Å². The number of nitrogens with one attached hydrogen (secondary N) is 1. The minimum Gasteiger partial charge on any atom is -0.273 e. The SMILES string of the molecule is CC(=O)N1NCc2ccccc2C1=O. The number of benzene rings is 1. The Morgan fingerprint density at radius 2 is 2.14 bits per heavy atom. The van der Waals surface area contributed by atoms with Gasteiger partial charge in [0.05, 0.1) is 0 Å². The van der Waals surface area contributed by atoms with Crippen LogP contribution in [-0.4, -0.2) is 16.8 Å². The molecule has 14 heavy (non-hydrogen) atoms. The van der Waals surface area contributed by atoms with E-state index in [1.165, 1.54) is 6.92 Å². The number of carbonyl (C=O) groups is 2. The highest BCUT2D eigenvalue weighted by Gasteiger charge is 2.25. The van der Waals surface area contributed by atoms with Crippen molar-refractivity contribution in [1.82, 2.24) is 10.4 Å². The third-order valence-corrected chi connectivity index (χ3v) is 2.19. The van der Waals surface area contributed by atoms with E-state index in [0.717, 1.165) is 10.6 Å². The van der Waals surface area contributed by atoms with Gasteiger partial charge >= 0.3 is 0 Å². The molecule has 1 aliphatic heterocycles. The van der Waals surface area contributed by atoms with Crippen LogP contribution in [0.3, 0.4) is 0 Å².